The van der Waals surface area contributed by atoms with Gasteiger partial charge in [0.05, 0.1) is 6.54 Å². The molecule has 1 aliphatic carbocycles. The van der Waals surface area contributed by atoms with Crippen LogP contribution in [0.25, 0.3) is 0 Å². The lowest BCUT2D eigenvalue weighted by Crippen LogP contribution is -2.38. The SMILES string of the molecule is CCCCCCCCN(CC(=O)O)C1CCCC1. The third-order valence-electron chi connectivity index (χ3n) is 3.98. The number of carbonyl (C=O) groups is 1. The van der Waals surface area contributed by atoms with E-state index in [1.165, 1.54) is 57.8 Å². The van der Waals surface area contributed by atoms with Crippen LogP contribution in [0.4, 0.5) is 0 Å². The summed E-state index contributed by atoms with van der Waals surface area (Å²) in [5, 5.41) is 8.98. The van der Waals surface area contributed by atoms with Gasteiger partial charge in [0.1, 0.15) is 0 Å². The monoisotopic (exact) mass is 255 g/mol. The summed E-state index contributed by atoms with van der Waals surface area (Å²) in [4.78, 5) is 13.1. The van der Waals surface area contributed by atoms with Gasteiger partial charge in [0.15, 0.2) is 0 Å². The molecule has 106 valence electrons. The summed E-state index contributed by atoms with van der Waals surface area (Å²) in [6.07, 6.45) is 12.6. The summed E-state index contributed by atoms with van der Waals surface area (Å²) in [6.45, 7) is 3.44. The van der Waals surface area contributed by atoms with Crippen LogP contribution in [0, 0.1) is 0 Å². The Kier molecular flexibility index (Phi) is 8.06. The van der Waals surface area contributed by atoms with Crippen LogP contribution in [-0.2, 0) is 4.79 Å². The average molecular weight is 255 g/mol. The summed E-state index contributed by atoms with van der Waals surface area (Å²) in [5.74, 6) is -0.673. The van der Waals surface area contributed by atoms with Gasteiger partial charge in [-0.25, -0.2) is 0 Å². The number of unbranched alkanes of at least 4 members (excludes halogenated alkanes) is 5. The molecule has 0 atom stereocenters. The Morgan fingerprint density at radius 3 is 2.33 bits per heavy atom. The van der Waals surface area contributed by atoms with Crippen molar-refractivity contribution in [3.63, 3.8) is 0 Å². The molecule has 0 aromatic carbocycles. The zero-order valence-corrected chi connectivity index (χ0v) is 11.9. The molecular weight excluding hydrogens is 226 g/mol. The molecule has 1 N–H and O–H groups in total. The Bertz CT molecular complexity index is 225. The summed E-state index contributed by atoms with van der Waals surface area (Å²) in [5.41, 5.74) is 0. The number of rotatable bonds is 10. The van der Waals surface area contributed by atoms with Crippen LogP contribution >= 0.6 is 0 Å². The fourth-order valence-electron chi connectivity index (χ4n) is 2.93. The summed E-state index contributed by atoms with van der Waals surface area (Å²) < 4.78 is 0. The molecule has 0 amide bonds. The van der Waals surface area contributed by atoms with E-state index < -0.39 is 5.97 Å². The standard InChI is InChI=1S/C15H29NO2/c1-2-3-4-5-6-9-12-16(13-15(17)18)14-10-7-8-11-14/h14H,2-13H2,1H3,(H,17,18). The normalized spacial score (nSPS) is 16.6. The number of hydrogen-bond acceptors (Lipinski definition) is 2. The molecule has 0 unspecified atom stereocenters. The second-order valence-corrected chi connectivity index (χ2v) is 5.57. The van der Waals surface area contributed by atoms with Crippen LogP contribution in [0.2, 0.25) is 0 Å². The van der Waals surface area contributed by atoms with Crippen molar-refractivity contribution in [2.24, 2.45) is 0 Å². The zero-order valence-electron chi connectivity index (χ0n) is 11.9. The zero-order chi connectivity index (χ0) is 13.2. The quantitative estimate of drug-likeness (QED) is 0.605. The minimum Gasteiger partial charge on any atom is -0.480 e. The molecule has 1 aliphatic rings. The lowest BCUT2D eigenvalue weighted by molar-refractivity contribution is -0.138. The maximum absolute atomic E-state index is 10.9. The molecule has 0 heterocycles. The third-order valence-corrected chi connectivity index (χ3v) is 3.98. The molecule has 0 aromatic heterocycles. The molecule has 1 fully saturated rings. The Balaban J connectivity index is 2.17. The maximum atomic E-state index is 10.9. The topological polar surface area (TPSA) is 40.5 Å². The van der Waals surface area contributed by atoms with Crippen molar-refractivity contribution in [3.05, 3.63) is 0 Å². The summed E-state index contributed by atoms with van der Waals surface area (Å²) in [7, 11) is 0. The van der Waals surface area contributed by atoms with Gasteiger partial charge in [-0.2, -0.15) is 0 Å². The molecule has 3 nitrogen and oxygen atoms in total. The second kappa shape index (κ2) is 9.37. The van der Waals surface area contributed by atoms with E-state index in [4.69, 9.17) is 5.11 Å². The van der Waals surface area contributed by atoms with Crippen LogP contribution in [0.5, 0.6) is 0 Å². The number of carboxylic acids is 1. The predicted molar refractivity (Wildman–Crippen MR) is 74.8 cm³/mol. The van der Waals surface area contributed by atoms with Crippen LogP contribution in [0.15, 0.2) is 0 Å². The number of carboxylic acid groups (broad SMARTS) is 1. The largest absolute Gasteiger partial charge is 0.480 e. The van der Waals surface area contributed by atoms with Crippen molar-refractivity contribution in [1.29, 1.82) is 0 Å². The first-order chi connectivity index (χ1) is 8.74. The van der Waals surface area contributed by atoms with Gasteiger partial charge in [-0.1, -0.05) is 51.9 Å². The van der Waals surface area contributed by atoms with Crippen LogP contribution in [0.3, 0.4) is 0 Å². The van der Waals surface area contributed by atoms with Gasteiger partial charge in [-0.05, 0) is 25.8 Å². The highest BCUT2D eigenvalue weighted by Gasteiger charge is 2.23. The predicted octanol–water partition coefficient (Wildman–Crippen LogP) is 3.68. The van der Waals surface area contributed by atoms with Crippen molar-refractivity contribution in [1.82, 2.24) is 4.90 Å². The molecule has 1 saturated carbocycles. The molecular formula is C15H29NO2. The van der Waals surface area contributed by atoms with E-state index in [1.54, 1.807) is 0 Å². The molecule has 0 spiro atoms. The van der Waals surface area contributed by atoms with Crippen molar-refractivity contribution in [2.45, 2.75) is 77.2 Å². The van der Waals surface area contributed by atoms with Crippen molar-refractivity contribution in [2.75, 3.05) is 13.1 Å². The highest BCUT2D eigenvalue weighted by molar-refractivity contribution is 5.69. The number of aliphatic carboxylic acids is 1. The van der Waals surface area contributed by atoms with Crippen LogP contribution in [0.1, 0.15) is 71.1 Å². The average Bonchev–Trinajstić information content (AvgIpc) is 2.85. The molecule has 0 aromatic rings. The first-order valence-electron chi connectivity index (χ1n) is 7.70. The Morgan fingerprint density at radius 1 is 1.11 bits per heavy atom. The fraction of sp³-hybridized carbons (Fsp3) is 0.933. The smallest absolute Gasteiger partial charge is 0.317 e. The molecule has 0 saturated heterocycles. The van der Waals surface area contributed by atoms with Gasteiger partial charge in [-0.15, -0.1) is 0 Å². The van der Waals surface area contributed by atoms with E-state index in [-0.39, 0.29) is 6.54 Å². The molecule has 3 heteroatoms. The Hall–Kier alpha value is -0.570. The van der Waals surface area contributed by atoms with Crippen molar-refractivity contribution < 1.29 is 9.90 Å². The molecule has 0 aliphatic heterocycles. The first-order valence-corrected chi connectivity index (χ1v) is 7.70. The fourth-order valence-corrected chi connectivity index (χ4v) is 2.93. The highest BCUT2D eigenvalue weighted by atomic mass is 16.4. The van der Waals surface area contributed by atoms with Gasteiger partial charge in [0, 0.05) is 6.04 Å². The number of nitrogens with zero attached hydrogens (tertiary/aromatic N) is 1. The van der Waals surface area contributed by atoms with Crippen molar-refractivity contribution >= 4 is 5.97 Å². The number of hydrogen-bond donors (Lipinski definition) is 1. The molecule has 0 radical (unpaired) electrons. The Labute approximate surface area is 112 Å². The van der Waals surface area contributed by atoms with E-state index in [0.717, 1.165) is 13.0 Å². The van der Waals surface area contributed by atoms with Crippen LogP contribution < -0.4 is 0 Å². The lowest BCUT2D eigenvalue weighted by Gasteiger charge is -2.27. The minimum absolute atomic E-state index is 0.236. The summed E-state index contributed by atoms with van der Waals surface area (Å²) in [6, 6.07) is 0.539. The van der Waals surface area contributed by atoms with Gasteiger partial charge < -0.3 is 5.11 Å². The Morgan fingerprint density at radius 2 is 1.72 bits per heavy atom. The molecule has 0 bridgehead atoms. The van der Waals surface area contributed by atoms with Gasteiger partial charge >= 0.3 is 5.97 Å². The van der Waals surface area contributed by atoms with Crippen LogP contribution in [-0.4, -0.2) is 35.1 Å². The third kappa shape index (κ3) is 6.39. The van der Waals surface area contributed by atoms with E-state index in [1.807, 2.05) is 0 Å². The first kappa shape index (κ1) is 15.5. The van der Waals surface area contributed by atoms with Gasteiger partial charge in [0.2, 0.25) is 0 Å². The van der Waals surface area contributed by atoms with E-state index in [9.17, 15) is 4.79 Å². The molecule has 1 rings (SSSR count). The lowest BCUT2D eigenvalue weighted by atomic mass is 10.1. The highest BCUT2D eigenvalue weighted by Crippen LogP contribution is 2.23. The minimum atomic E-state index is -0.673. The van der Waals surface area contributed by atoms with E-state index in [2.05, 4.69) is 11.8 Å². The van der Waals surface area contributed by atoms with Crippen molar-refractivity contribution in [3.8, 4) is 0 Å². The maximum Gasteiger partial charge on any atom is 0.317 e. The molecule has 18 heavy (non-hydrogen) atoms. The van der Waals surface area contributed by atoms with E-state index >= 15 is 0 Å². The van der Waals surface area contributed by atoms with E-state index in [0.29, 0.717) is 6.04 Å². The van der Waals surface area contributed by atoms with Gasteiger partial charge in [0.25, 0.3) is 0 Å². The summed E-state index contributed by atoms with van der Waals surface area (Å²) >= 11 is 0. The van der Waals surface area contributed by atoms with Gasteiger partial charge in [-0.3, -0.25) is 9.69 Å². The second-order valence-electron chi connectivity index (χ2n) is 5.57.